The number of imidazole rings is 1. The molecule has 0 aliphatic rings. The number of benzene rings is 6. The highest BCUT2D eigenvalue weighted by molar-refractivity contribution is 7.00. The SMILES string of the molecule is C[Si](C)(c1cccc(-n2c[n+](-c3ccccc3)c3ccccc32)c1)c1ccc2c3ccccc3n(-c3cc(-c4ccccc4)ccn3)c2c1. The number of hydrogen-bond acceptors (Lipinski definition) is 1. The van der Waals surface area contributed by atoms with Gasteiger partial charge in [-0.3, -0.25) is 4.57 Å². The van der Waals surface area contributed by atoms with E-state index in [-0.39, 0.29) is 0 Å². The molecule has 0 atom stereocenters. The number of rotatable bonds is 6. The van der Waals surface area contributed by atoms with Gasteiger partial charge in [0.25, 0.3) is 6.33 Å². The first-order chi connectivity index (χ1) is 24.1. The minimum absolute atomic E-state index is 0.928. The predicted octanol–water partition coefficient (Wildman–Crippen LogP) is 8.89. The maximum absolute atomic E-state index is 4.92. The van der Waals surface area contributed by atoms with Gasteiger partial charge in [-0.1, -0.05) is 127 Å². The number of fused-ring (bicyclic) bond motifs is 4. The lowest BCUT2D eigenvalue weighted by Crippen LogP contribution is -2.52. The topological polar surface area (TPSA) is 26.6 Å². The van der Waals surface area contributed by atoms with Gasteiger partial charge in [-0.2, -0.15) is 9.13 Å². The monoisotopic (exact) mass is 647 g/mol. The Kier molecular flexibility index (Phi) is 6.88. The van der Waals surface area contributed by atoms with Crippen molar-refractivity contribution < 1.29 is 4.57 Å². The van der Waals surface area contributed by atoms with Crippen LogP contribution in [0.2, 0.25) is 13.1 Å². The molecule has 49 heavy (non-hydrogen) atoms. The van der Waals surface area contributed by atoms with Crippen molar-refractivity contribution >= 4 is 51.3 Å². The molecule has 5 heteroatoms. The van der Waals surface area contributed by atoms with Crippen molar-refractivity contribution in [3.05, 3.63) is 176 Å². The van der Waals surface area contributed by atoms with Crippen molar-refractivity contribution in [1.82, 2.24) is 14.1 Å². The molecule has 0 spiro atoms. The lowest BCUT2D eigenvalue weighted by molar-refractivity contribution is -0.567. The van der Waals surface area contributed by atoms with Crippen LogP contribution in [0, 0.1) is 0 Å². The van der Waals surface area contributed by atoms with E-state index in [2.05, 4.69) is 197 Å². The van der Waals surface area contributed by atoms with Gasteiger partial charge in [0.05, 0.1) is 11.0 Å². The summed E-state index contributed by atoms with van der Waals surface area (Å²) in [5.74, 6) is 0.928. The summed E-state index contributed by atoms with van der Waals surface area (Å²) in [7, 11) is -2.15. The summed E-state index contributed by atoms with van der Waals surface area (Å²) in [5, 5.41) is 5.26. The van der Waals surface area contributed by atoms with Crippen LogP contribution in [0.15, 0.2) is 176 Å². The highest BCUT2D eigenvalue weighted by Gasteiger charge is 2.29. The van der Waals surface area contributed by atoms with E-state index in [1.54, 1.807) is 0 Å². The quantitative estimate of drug-likeness (QED) is 0.131. The molecular formula is C44H35N4Si+. The minimum Gasteiger partial charge on any atom is -0.294 e. The third-order valence-electron chi connectivity index (χ3n) is 9.99. The lowest BCUT2D eigenvalue weighted by atomic mass is 10.1. The largest absolute Gasteiger partial charge is 0.294 e. The summed E-state index contributed by atoms with van der Waals surface area (Å²) in [4.78, 5) is 4.92. The molecule has 0 aliphatic carbocycles. The van der Waals surface area contributed by atoms with Gasteiger partial charge in [0.15, 0.2) is 11.0 Å². The molecule has 9 rings (SSSR count). The van der Waals surface area contributed by atoms with Gasteiger partial charge >= 0.3 is 0 Å². The van der Waals surface area contributed by atoms with Gasteiger partial charge in [0.2, 0.25) is 0 Å². The first-order valence-corrected chi connectivity index (χ1v) is 19.8. The molecule has 6 aromatic carbocycles. The predicted molar refractivity (Wildman–Crippen MR) is 206 cm³/mol. The molecule has 0 radical (unpaired) electrons. The number of aromatic nitrogens is 4. The smallest absolute Gasteiger partial charge is 0.255 e. The van der Waals surface area contributed by atoms with E-state index in [0.29, 0.717) is 0 Å². The zero-order valence-electron chi connectivity index (χ0n) is 27.5. The third-order valence-corrected chi connectivity index (χ3v) is 13.5. The van der Waals surface area contributed by atoms with Crippen molar-refractivity contribution in [1.29, 1.82) is 0 Å². The summed E-state index contributed by atoms with van der Waals surface area (Å²) in [6.45, 7) is 4.93. The van der Waals surface area contributed by atoms with Crippen molar-refractivity contribution in [2.24, 2.45) is 0 Å². The second kappa shape index (κ2) is 11.6. The summed E-state index contributed by atoms with van der Waals surface area (Å²) in [5.41, 5.74) is 9.37. The van der Waals surface area contributed by atoms with E-state index >= 15 is 0 Å². The van der Waals surface area contributed by atoms with E-state index in [1.807, 2.05) is 6.20 Å². The van der Waals surface area contributed by atoms with Crippen molar-refractivity contribution in [2.75, 3.05) is 0 Å². The number of nitrogens with zero attached hydrogens (tertiary/aromatic N) is 4. The van der Waals surface area contributed by atoms with Gasteiger partial charge in [-0.25, -0.2) is 4.98 Å². The number of para-hydroxylation sites is 4. The molecule has 0 aliphatic heterocycles. The zero-order chi connectivity index (χ0) is 33.0. The van der Waals surface area contributed by atoms with Crippen molar-refractivity contribution in [2.45, 2.75) is 13.1 Å². The average molecular weight is 648 g/mol. The van der Waals surface area contributed by atoms with Gasteiger partial charge in [0.1, 0.15) is 25.3 Å². The second-order valence-electron chi connectivity index (χ2n) is 13.2. The third kappa shape index (κ3) is 4.90. The first kappa shape index (κ1) is 29.1. The molecule has 0 fully saturated rings. The average Bonchev–Trinajstić information content (AvgIpc) is 3.72. The van der Waals surface area contributed by atoms with E-state index < -0.39 is 8.07 Å². The van der Waals surface area contributed by atoms with Crippen LogP contribution in [0.5, 0.6) is 0 Å². The fraction of sp³-hybridized carbons (Fsp3) is 0.0455. The van der Waals surface area contributed by atoms with Crippen LogP contribution >= 0.6 is 0 Å². The van der Waals surface area contributed by atoms with E-state index in [0.717, 1.165) is 17.1 Å². The zero-order valence-corrected chi connectivity index (χ0v) is 28.5. The first-order valence-electron chi connectivity index (χ1n) is 16.8. The van der Waals surface area contributed by atoms with Crippen LogP contribution < -0.4 is 14.9 Å². The normalized spacial score (nSPS) is 11.9. The van der Waals surface area contributed by atoms with Crippen LogP contribution in [0.1, 0.15) is 0 Å². The Morgan fingerprint density at radius 1 is 0.531 bits per heavy atom. The molecule has 3 heterocycles. The summed E-state index contributed by atoms with van der Waals surface area (Å²) >= 11 is 0. The molecular weight excluding hydrogens is 613 g/mol. The molecule has 3 aromatic heterocycles. The standard InChI is InChI=1S/C44H35N4Si/c1-49(2,36-19-13-18-35(29-36)47-31-46(34-16-7-4-8-17-34)41-22-11-12-23-42(41)47)37-24-25-39-38-20-9-10-21-40(38)48(43(39)30-37)44-28-33(26-27-45-44)32-14-5-3-6-15-32/h3-31H,1-2H3/q+1. The van der Waals surface area contributed by atoms with Crippen LogP contribution in [-0.4, -0.2) is 22.2 Å². The fourth-order valence-corrected chi connectivity index (χ4v) is 9.63. The molecule has 0 N–H and O–H groups in total. The van der Waals surface area contributed by atoms with Crippen LogP contribution in [0.25, 0.3) is 61.2 Å². The molecule has 9 aromatic rings. The summed E-state index contributed by atoms with van der Waals surface area (Å²) in [6, 6.07) is 59.0. The molecule has 0 bridgehead atoms. The highest BCUT2D eigenvalue weighted by atomic mass is 28.3. The van der Waals surface area contributed by atoms with Crippen LogP contribution in [0.3, 0.4) is 0 Å². The van der Waals surface area contributed by atoms with Crippen molar-refractivity contribution in [3.8, 4) is 28.3 Å². The summed E-state index contributed by atoms with van der Waals surface area (Å²) in [6.07, 6.45) is 4.15. The fourth-order valence-electron chi connectivity index (χ4n) is 7.28. The number of hydrogen-bond donors (Lipinski definition) is 0. The maximum Gasteiger partial charge on any atom is 0.255 e. The maximum atomic E-state index is 4.92. The number of pyridine rings is 1. The van der Waals surface area contributed by atoms with Gasteiger partial charge < -0.3 is 0 Å². The Bertz CT molecular complexity index is 2630. The summed E-state index contributed by atoms with van der Waals surface area (Å²) < 4.78 is 6.94. The van der Waals surface area contributed by atoms with Gasteiger partial charge in [-0.05, 0) is 71.8 Å². The van der Waals surface area contributed by atoms with E-state index in [4.69, 9.17) is 4.98 Å². The van der Waals surface area contributed by atoms with Gasteiger partial charge in [0, 0.05) is 17.0 Å². The van der Waals surface area contributed by atoms with E-state index in [1.165, 1.54) is 54.5 Å². The Morgan fingerprint density at radius 2 is 1.22 bits per heavy atom. The minimum atomic E-state index is -2.15. The van der Waals surface area contributed by atoms with Crippen molar-refractivity contribution in [3.63, 3.8) is 0 Å². The Labute approximate surface area is 286 Å². The highest BCUT2D eigenvalue weighted by Crippen LogP contribution is 2.32. The second-order valence-corrected chi connectivity index (χ2v) is 17.6. The van der Waals surface area contributed by atoms with Crippen LogP contribution in [0.4, 0.5) is 0 Å². The Morgan fingerprint density at radius 3 is 2.06 bits per heavy atom. The van der Waals surface area contributed by atoms with E-state index in [9.17, 15) is 0 Å². The Hall–Kier alpha value is -6.04. The Balaban J connectivity index is 1.17. The molecule has 0 saturated carbocycles. The lowest BCUT2D eigenvalue weighted by Gasteiger charge is -2.24. The molecule has 0 unspecified atom stereocenters. The molecule has 4 nitrogen and oxygen atoms in total. The van der Waals surface area contributed by atoms with Crippen LogP contribution in [-0.2, 0) is 0 Å². The molecule has 0 amide bonds. The molecule has 0 saturated heterocycles. The van der Waals surface area contributed by atoms with Gasteiger partial charge in [-0.15, -0.1) is 0 Å². The molecule has 234 valence electrons.